The zero-order chi connectivity index (χ0) is 28.9. The Bertz CT molecular complexity index is 1630. The summed E-state index contributed by atoms with van der Waals surface area (Å²) in [6.07, 6.45) is 4.43. The van der Waals surface area contributed by atoms with Crippen LogP contribution in [-0.4, -0.2) is 66.9 Å². The summed E-state index contributed by atoms with van der Waals surface area (Å²) in [5.41, 5.74) is 7.95. The van der Waals surface area contributed by atoms with E-state index < -0.39 is 5.60 Å². The Hall–Kier alpha value is -4.74. The average Bonchev–Trinajstić information content (AvgIpc) is 3.66. The first kappa shape index (κ1) is 26.5. The lowest BCUT2D eigenvalue weighted by Gasteiger charge is -2.34. The number of methoxy groups -OCH3 is 1. The number of piperidine rings is 1. The molecule has 3 aromatic heterocycles. The molecule has 2 aliphatic rings. The third kappa shape index (κ3) is 4.90. The van der Waals surface area contributed by atoms with Crippen molar-refractivity contribution in [2.24, 2.45) is 5.92 Å². The summed E-state index contributed by atoms with van der Waals surface area (Å²) in [5.74, 6) is 1.18. The maximum absolute atomic E-state index is 13.0. The second-order valence-corrected chi connectivity index (χ2v) is 11.4. The molecule has 1 saturated heterocycles. The third-order valence-corrected chi connectivity index (χ3v) is 7.53. The van der Waals surface area contributed by atoms with Crippen LogP contribution in [0, 0.1) is 5.92 Å². The quantitative estimate of drug-likeness (QED) is 0.367. The molecule has 1 saturated carbocycles. The van der Waals surface area contributed by atoms with Gasteiger partial charge >= 0.3 is 6.09 Å². The predicted molar refractivity (Wildman–Crippen MR) is 152 cm³/mol. The predicted octanol–water partition coefficient (Wildman–Crippen LogP) is 4.30. The molecule has 12 heteroatoms. The normalized spacial score (nSPS) is 19.9. The fraction of sp³-hybridized carbons (Fsp3) is 0.379. The summed E-state index contributed by atoms with van der Waals surface area (Å²) in [7, 11) is 1.53. The molecule has 1 aliphatic carbocycles. The Morgan fingerprint density at radius 1 is 1.07 bits per heavy atom. The Labute approximate surface area is 236 Å². The van der Waals surface area contributed by atoms with Crippen molar-refractivity contribution in [1.82, 2.24) is 29.6 Å². The van der Waals surface area contributed by atoms with Crippen molar-refractivity contribution in [1.29, 1.82) is 0 Å². The van der Waals surface area contributed by atoms with E-state index in [1.807, 2.05) is 30.4 Å². The largest absolute Gasteiger partial charge is 0.496 e. The van der Waals surface area contributed by atoms with Gasteiger partial charge in [-0.15, -0.1) is 0 Å². The van der Waals surface area contributed by atoms with Crippen LogP contribution in [0.2, 0.25) is 0 Å². The number of carbonyl (C=O) groups is 2. The van der Waals surface area contributed by atoms with E-state index in [9.17, 15) is 9.59 Å². The number of aromatic nitrogens is 5. The second-order valence-electron chi connectivity index (χ2n) is 11.4. The van der Waals surface area contributed by atoms with E-state index in [1.165, 1.54) is 13.4 Å². The SMILES string of the molecule is COc1cc(C(=O)Nc2ccccn2)ccc1-c1nn([C@H]2C[C@H]3C[C@@H]2N(C(=O)OC(C)(C)C)C3)c2ncnc(N)c12. The molecule has 0 radical (unpaired) electrons. The van der Waals surface area contributed by atoms with E-state index in [2.05, 4.69) is 20.3 Å². The maximum atomic E-state index is 13.0. The summed E-state index contributed by atoms with van der Waals surface area (Å²) < 4.78 is 13.3. The Kier molecular flexibility index (Phi) is 6.47. The number of likely N-dealkylation sites (tertiary alicyclic amines) is 1. The standard InChI is InChI=1S/C29H32N8O4/c1-29(2,3)41-28(39)36-14-16-11-19(36)20(12-16)37-26-23(25(30)32-15-33-26)24(35-37)18-9-8-17(13-21(18)40-4)27(38)34-22-7-5-6-10-31-22/h5-10,13,15-16,19-20H,11-12,14H2,1-4H3,(H2,30,32,33)(H,31,34,38)/t16-,19+,20+/m1/s1. The minimum Gasteiger partial charge on any atom is -0.496 e. The molecule has 3 atom stereocenters. The zero-order valence-corrected chi connectivity index (χ0v) is 23.4. The van der Waals surface area contributed by atoms with E-state index in [4.69, 9.17) is 20.3 Å². The first-order chi connectivity index (χ1) is 19.6. The minimum absolute atomic E-state index is 0.0819. The lowest BCUT2D eigenvalue weighted by molar-refractivity contribution is 0.0135. The number of fused-ring (bicyclic) bond motifs is 3. The van der Waals surface area contributed by atoms with Crippen LogP contribution in [0.5, 0.6) is 5.75 Å². The summed E-state index contributed by atoms with van der Waals surface area (Å²) >= 11 is 0. The molecule has 2 amide bonds. The molecular weight excluding hydrogens is 524 g/mol. The summed E-state index contributed by atoms with van der Waals surface area (Å²) in [5, 5.41) is 8.37. The molecule has 4 aromatic rings. The van der Waals surface area contributed by atoms with Crippen molar-refractivity contribution in [2.45, 2.75) is 51.3 Å². The van der Waals surface area contributed by atoms with Crippen LogP contribution in [0.1, 0.15) is 50.0 Å². The molecule has 1 aliphatic heterocycles. The van der Waals surface area contributed by atoms with Crippen LogP contribution < -0.4 is 15.8 Å². The van der Waals surface area contributed by atoms with Gasteiger partial charge in [0.25, 0.3) is 5.91 Å². The second kappa shape index (κ2) is 10.0. The van der Waals surface area contributed by atoms with Gasteiger partial charge in [0, 0.05) is 23.9 Å². The van der Waals surface area contributed by atoms with Gasteiger partial charge in [0.1, 0.15) is 35.0 Å². The molecule has 212 valence electrons. The van der Waals surface area contributed by atoms with Crippen molar-refractivity contribution in [3.05, 3.63) is 54.5 Å². The van der Waals surface area contributed by atoms with Gasteiger partial charge in [0.05, 0.1) is 24.6 Å². The van der Waals surface area contributed by atoms with Crippen LogP contribution >= 0.6 is 0 Å². The number of pyridine rings is 1. The highest BCUT2D eigenvalue weighted by Gasteiger charge is 2.50. The first-order valence-electron chi connectivity index (χ1n) is 13.5. The molecule has 6 rings (SSSR count). The molecule has 1 aromatic carbocycles. The Morgan fingerprint density at radius 2 is 1.88 bits per heavy atom. The molecule has 0 spiro atoms. The summed E-state index contributed by atoms with van der Waals surface area (Å²) in [6.45, 7) is 6.26. The van der Waals surface area contributed by atoms with Gasteiger partial charge in [0.15, 0.2) is 5.65 Å². The number of nitrogens with two attached hydrogens (primary N) is 1. The maximum Gasteiger partial charge on any atom is 0.410 e. The summed E-state index contributed by atoms with van der Waals surface area (Å²) in [6, 6.07) is 10.2. The van der Waals surface area contributed by atoms with Gasteiger partial charge in [0.2, 0.25) is 0 Å². The Balaban J connectivity index is 1.37. The first-order valence-corrected chi connectivity index (χ1v) is 13.5. The van der Waals surface area contributed by atoms with Crippen LogP contribution in [-0.2, 0) is 4.74 Å². The number of nitrogen functional groups attached to an aromatic ring is 1. The minimum atomic E-state index is -0.584. The molecular formula is C29H32N8O4. The third-order valence-electron chi connectivity index (χ3n) is 7.53. The van der Waals surface area contributed by atoms with E-state index in [0.29, 0.717) is 51.9 Å². The van der Waals surface area contributed by atoms with Gasteiger partial charge < -0.3 is 25.4 Å². The van der Waals surface area contributed by atoms with Crippen molar-refractivity contribution < 1.29 is 19.1 Å². The lowest BCUT2D eigenvalue weighted by atomic mass is 10.0. The van der Waals surface area contributed by atoms with Crippen molar-refractivity contribution >= 4 is 34.7 Å². The summed E-state index contributed by atoms with van der Waals surface area (Å²) in [4.78, 5) is 40.7. The Morgan fingerprint density at radius 3 is 2.59 bits per heavy atom. The monoisotopic (exact) mass is 556 g/mol. The molecule has 4 heterocycles. The highest BCUT2D eigenvalue weighted by atomic mass is 16.6. The molecule has 12 nitrogen and oxygen atoms in total. The van der Waals surface area contributed by atoms with Gasteiger partial charge in [-0.3, -0.25) is 4.79 Å². The highest BCUT2D eigenvalue weighted by molar-refractivity contribution is 6.05. The molecule has 3 N–H and O–H groups in total. The number of benzene rings is 1. The topological polar surface area (TPSA) is 150 Å². The van der Waals surface area contributed by atoms with Gasteiger partial charge in [-0.1, -0.05) is 6.07 Å². The average molecular weight is 557 g/mol. The number of ether oxygens (including phenoxy) is 2. The van der Waals surface area contributed by atoms with Crippen LogP contribution in [0.4, 0.5) is 16.4 Å². The molecule has 2 bridgehead atoms. The number of amides is 2. The number of rotatable bonds is 5. The van der Waals surface area contributed by atoms with Gasteiger partial charge in [-0.2, -0.15) is 5.10 Å². The number of hydrogen-bond acceptors (Lipinski definition) is 9. The highest BCUT2D eigenvalue weighted by Crippen LogP contribution is 2.47. The molecule has 2 fully saturated rings. The van der Waals surface area contributed by atoms with Gasteiger partial charge in [-0.25, -0.2) is 24.4 Å². The van der Waals surface area contributed by atoms with Crippen LogP contribution in [0.15, 0.2) is 48.9 Å². The van der Waals surface area contributed by atoms with Crippen molar-refractivity contribution in [3.8, 4) is 17.0 Å². The number of anilines is 2. The zero-order valence-electron chi connectivity index (χ0n) is 23.4. The van der Waals surface area contributed by atoms with Crippen LogP contribution in [0.25, 0.3) is 22.3 Å². The van der Waals surface area contributed by atoms with E-state index in [0.717, 1.165) is 12.8 Å². The number of nitrogens with zero attached hydrogens (tertiary/aromatic N) is 6. The number of hydrogen-bond donors (Lipinski definition) is 2. The van der Waals surface area contributed by atoms with E-state index >= 15 is 0 Å². The van der Waals surface area contributed by atoms with Gasteiger partial charge in [-0.05, 0) is 69.9 Å². The molecule has 41 heavy (non-hydrogen) atoms. The lowest BCUT2D eigenvalue weighted by Crippen LogP contribution is -2.45. The number of nitrogens with one attached hydrogen (secondary N) is 1. The van der Waals surface area contributed by atoms with Crippen LogP contribution in [0.3, 0.4) is 0 Å². The fourth-order valence-corrected chi connectivity index (χ4v) is 5.85. The fourth-order valence-electron chi connectivity index (χ4n) is 5.85. The smallest absolute Gasteiger partial charge is 0.410 e. The number of carbonyl (C=O) groups excluding carboxylic acids is 2. The molecule has 0 unspecified atom stereocenters. The van der Waals surface area contributed by atoms with E-state index in [-0.39, 0.29) is 29.9 Å². The van der Waals surface area contributed by atoms with Crippen molar-refractivity contribution in [3.63, 3.8) is 0 Å². The van der Waals surface area contributed by atoms with E-state index in [1.54, 1.807) is 42.6 Å². The van der Waals surface area contributed by atoms with Crippen molar-refractivity contribution in [2.75, 3.05) is 24.7 Å².